The van der Waals surface area contributed by atoms with E-state index in [-0.39, 0.29) is 18.8 Å². The van der Waals surface area contributed by atoms with Crippen LogP contribution in [0.25, 0.3) is 0 Å². The van der Waals surface area contributed by atoms with Crippen LogP contribution in [0.1, 0.15) is 29.9 Å². The first-order valence-electron chi connectivity index (χ1n) is 6.74. The Balaban J connectivity index is 1.57. The molecule has 4 heteroatoms. The van der Waals surface area contributed by atoms with E-state index in [1.807, 2.05) is 42.5 Å². The van der Waals surface area contributed by atoms with Crippen molar-refractivity contribution in [2.24, 2.45) is 0 Å². The van der Waals surface area contributed by atoms with Gasteiger partial charge in [-0.2, -0.15) is 0 Å². The third-order valence-electron chi connectivity index (χ3n) is 3.66. The van der Waals surface area contributed by atoms with Crippen LogP contribution in [0.4, 0.5) is 14.6 Å². The molecule has 0 spiro atoms. The largest absolute Gasteiger partial charge is 0.366 e. The summed E-state index contributed by atoms with van der Waals surface area (Å²) in [5.74, 6) is -1.75. The lowest BCUT2D eigenvalue weighted by Crippen LogP contribution is -2.33. The van der Waals surface area contributed by atoms with Gasteiger partial charge in [0.2, 0.25) is 5.92 Å². The molecule has 2 aromatic rings. The Kier molecular flexibility index (Phi) is 3.38. The molecule has 0 bridgehead atoms. The first-order chi connectivity index (χ1) is 9.62. The van der Waals surface area contributed by atoms with Crippen molar-refractivity contribution in [2.45, 2.75) is 31.2 Å². The Labute approximate surface area is 116 Å². The molecule has 0 atom stereocenters. The smallest absolute Gasteiger partial charge is 0.249 e. The van der Waals surface area contributed by atoms with Crippen molar-refractivity contribution in [1.29, 1.82) is 0 Å². The molecule has 0 amide bonds. The maximum absolute atomic E-state index is 12.8. The quantitative estimate of drug-likeness (QED) is 0.903. The number of nitrogens with zero attached hydrogens (tertiary/aromatic N) is 1. The van der Waals surface area contributed by atoms with Crippen LogP contribution in [0.3, 0.4) is 0 Å². The summed E-state index contributed by atoms with van der Waals surface area (Å²) < 4.78 is 25.7. The molecule has 0 saturated heterocycles. The Morgan fingerprint density at radius 3 is 2.45 bits per heavy atom. The fourth-order valence-corrected chi connectivity index (χ4v) is 2.44. The highest BCUT2D eigenvalue weighted by molar-refractivity contribution is 5.38. The van der Waals surface area contributed by atoms with Gasteiger partial charge < -0.3 is 5.32 Å². The topological polar surface area (TPSA) is 24.9 Å². The van der Waals surface area contributed by atoms with E-state index in [4.69, 9.17) is 0 Å². The molecule has 0 unspecified atom stereocenters. The van der Waals surface area contributed by atoms with E-state index in [2.05, 4.69) is 10.3 Å². The predicted octanol–water partition coefficient (Wildman–Crippen LogP) is 4.21. The normalized spacial score (nSPS) is 17.5. The molecular formula is C16H16F2N2. The van der Waals surface area contributed by atoms with Crippen LogP contribution in [0, 0.1) is 0 Å². The van der Waals surface area contributed by atoms with Crippen LogP contribution >= 0.6 is 0 Å². The molecule has 20 heavy (non-hydrogen) atoms. The van der Waals surface area contributed by atoms with Crippen LogP contribution in [-0.2, 0) is 6.54 Å². The zero-order chi connectivity index (χ0) is 14.0. The predicted molar refractivity (Wildman–Crippen MR) is 74.9 cm³/mol. The Morgan fingerprint density at radius 1 is 1.10 bits per heavy atom. The van der Waals surface area contributed by atoms with Crippen molar-refractivity contribution in [1.82, 2.24) is 4.98 Å². The summed E-state index contributed by atoms with van der Waals surface area (Å²) in [5, 5.41) is 3.22. The summed E-state index contributed by atoms with van der Waals surface area (Å²) in [6.07, 6.45) is 1.60. The standard InChI is InChI=1S/C16H16F2N2/c17-16(18)8-14(9-16)13-6-7-15(20-11-13)19-10-12-4-2-1-3-5-12/h1-7,11,14H,8-10H2,(H,19,20). The average molecular weight is 274 g/mol. The SMILES string of the molecule is FC1(F)CC(c2ccc(NCc3ccccc3)nc2)C1. The number of rotatable bonds is 4. The molecule has 1 aliphatic rings. The second-order valence-electron chi connectivity index (χ2n) is 5.28. The first-order valence-corrected chi connectivity index (χ1v) is 6.74. The van der Waals surface area contributed by atoms with E-state index in [0.717, 1.165) is 11.4 Å². The molecule has 1 fully saturated rings. The van der Waals surface area contributed by atoms with Crippen molar-refractivity contribution >= 4 is 5.82 Å². The van der Waals surface area contributed by atoms with Gasteiger partial charge in [0.1, 0.15) is 5.82 Å². The summed E-state index contributed by atoms with van der Waals surface area (Å²) in [4.78, 5) is 4.29. The molecule has 1 aromatic carbocycles. The molecule has 104 valence electrons. The van der Waals surface area contributed by atoms with Crippen LogP contribution in [0.15, 0.2) is 48.7 Å². The highest BCUT2D eigenvalue weighted by atomic mass is 19.3. The third kappa shape index (κ3) is 2.95. The van der Waals surface area contributed by atoms with Crippen molar-refractivity contribution < 1.29 is 8.78 Å². The van der Waals surface area contributed by atoms with Gasteiger partial charge in [-0.05, 0) is 23.1 Å². The number of nitrogens with one attached hydrogen (secondary N) is 1. The Bertz CT molecular complexity index is 559. The fraction of sp³-hybridized carbons (Fsp3) is 0.312. The van der Waals surface area contributed by atoms with Gasteiger partial charge in [-0.25, -0.2) is 13.8 Å². The minimum atomic E-state index is -2.48. The van der Waals surface area contributed by atoms with E-state index in [0.29, 0.717) is 6.54 Å². The van der Waals surface area contributed by atoms with Crippen molar-refractivity contribution in [2.75, 3.05) is 5.32 Å². The van der Waals surface area contributed by atoms with Gasteiger partial charge in [0, 0.05) is 25.6 Å². The number of aromatic nitrogens is 1. The van der Waals surface area contributed by atoms with Crippen LogP contribution in [0.5, 0.6) is 0 Å². The zero-order valence-corrected chi connectivity index (χ0v) is 11.0. The van der Waals surface area contributed by atoms with E-state index < -0.39 is 5.92 Å². The van der Waals surface area contributed by atoms with E-state index in [9.17, 15) is 8.78 Å². The van der Waals surface area contributed by atoms with Crippen molar-refractivity contribution in [3.05, 3.63) is 59.8 Å². The number of hydrogen-bond donors (Lipinski definition) is 1. The molecule has 1 saturated carbocycles. The summed E-state index contributed by atoms with van der Waals surface area (Å²) in [6, 6.07) is 13.8. The van der Waals surface area contributed by atoms with Gasteiger partial charge in [0.05, 0.1) is 0 Å². The highest BCUT2D eigenvalue weighted by Crippen LogP contribution is 2.48. The number of alkyl halides is 2. The van der Waals surface area contributed by atoms with Gasteiger partial charge >= 0.3 is 0 Å². The average Bonchev–Trinajstić information content (AvgIpc) is 2.44. The maximum atomic E-state index is 12.8. The molecule has 2 nitrogen and oxygen atoms in total. The third-order valence-corrected chi connectivity index (χ3v) is 3.66. The number of anilines is 1. The summed E-state index contributed by atoms with van der Waals surface area (Å²) in [6.45, 7) is 0.703. The molecule has 1 N–H and O–H groups in total. The molecule has 0 radical (unpaired) electrons. The van der Waals surface area contributed by atoms with Gasteiger partial charge in [0.15, 0.2) is 0 Å². The summed E-state index contributed by atoms with van der Waals surface area (Å²) in [7, 11) is 0. The molecule has 0 aliphatic heterocycles. The van der Waals surface area contributed by atoms with Gasteiger partial charge in [0.25, 0.3) is 0 Å². The summed E-state index contributed by atoms with van der Waals surface area (Å²) in [5.41, 5.74) is 2.08. The summed E-state index contributed by atoms with van der Waals surface area (Å²) >= 11 is 0. The van der Waals surface area contributed by atoms with Crippen LogP contribution in [-0.4, -0.2) is 10.9 Å². The first kappa shape index (κ1) is 13.0. The lowest BCUT2D eigenvalue weighted by atomic mass is 9.77. The molecule has 1 aliphatic carbocycles. The monoisotopic (exact) mass is 274 g/mol. The Morgan fingerprint density at radius 2 is 1.85 bits per heavy atom. The van der Waals surface area contributed by atoms with Gasteiger partial charge in [-0.15, -0.1) is 0 Å². The lowest BCUT2D eigenvalue weighted by molar-refractivity contribution is -0.0868. The van der Waals surface area contributed by atoms with Gasteiger partial charge in [-0.1, -0.05) is 36.4 Å². The van der Waals surface area contributed by atoms with Crippen molar-refractivity contribution in [3.63, 3.8) is 0 Å². The lowest BCUT2D eigenvalue weighted by Gasteiger charge is -2.35. The van der Waals surface area contributed by atoms with Gasteiger partial charge in [-0.3, -0.25) is 0 Å². The fourth-order valence-electron chi connectivity index (χ4n) is 2.44. The minimum absolute atomic E-state index is 0.0410. The molecule has 1 aromatic heterocycles. The van der Waals surface area contributed by atoms with E-state index in [1.54, 1.807) is 6.20 Å². The van der Waals surface area contributed by atoms with Crippen LogP contribution in [0.2, 0.25) is 0 Å². The highest BCUT2D eigenvalue weighted by Gasteiger charge is 2.45. The van der Waals surface area contributed by atoms with Crippen molar-refractivity contribution in [3.8, 4) is 0 Å². The van der Waals surface area contributed by atoms with Crippen LogP contribution < -0.4 is 5.32 Å². The minimum Gasteiger partial charge on any atom is -0.366 e. The van der Waals surface area contributed by atoms with E-state index in [1.165, 1.54) is 5.56 Å². The van der Waals surface area contributed by atoms with E-state index >= 15 is 0 Å². The number of benzene rings is 1. The second kappa shape index (κ2) is 5.19. The second-order valence-corrected chi connectivity index (χ2v) is 5.28. The maximum Gasteiger partial charge on any atom is 0.249 e. The molecular weight excluding hydrogens is 258 g/mol. The molecule has 3 rings (SSSR count). The number of hydrogen-bond acceptors (Lipinski definition) is 2. The number of halogens is 2. The zero-order valence-electron chi connectivity index (χ0n) is 11.0. The Hall–Kier alpha value is -1.97. The number of pyridine rings is 1. The molecule has 1 heterocycles.